The first-order valence-electron chi connectivity index (χ1n) is 4.41. The van der Waals surface area contributed by atoms with Gasteiger partial charge in [-0.2, -0.15) is 0 Å². The number of fused-ring (bicyclic) bond motifs is 1. The maximum Gasteiger partial charge on any atom is 0.150 e. The van der Waals surface area contributed by atoms with E-state index in [1.54, 1.807) is 11.3 Å². The summed E-state index contributed by atoms with van der Waals surface area (Å²) < 4.78 is 1.08. The van der Waals surface area contributed by atoms with Crippen molar-refractivity contribution < 1.29 is 4.79 Å². The molecule has 0 amide bonds. The molecule has 2 rings (SSSR count). The second-order valence-corrected chi connectivity index (χ2v) is 4.36. The Morgan fingerprint density at radius 1 is 1.57 bits per heavy atom. The molecular formula is C11H9ClOS. The Morgan fingerprint density at radius 3 is 3.00 bits per heavy atom. The second-order valence-electron chi connectivity index (χ2n) is 3.07. The van der Waals surface area contributed by atoms with Gasteiger partial charge in [0.25, 0.3) is 0 Å². The summed E-state index contributed by atoms with van der Waals surface area (Å²) >= 11 is 7.83. The zero-order chi connectivity index (χ0) is 10.1. The first-order valence-corrected chi connectivity index (χ1v) is 5.67. The van der Waals surface area contributed by atoms with E-state index in [1.165, 1.54) is 0 Å². The fraction of sp³-hybridized carbons (Fsp3) is 0.182. The number of thiophene rings is 1. The number of halogens is 1. The van der Waals surface area contributed by atoms with Crippen LogP contribution < -0.4 is 0 Å². The number of benzene rings is 1. The molecule has 0 unspecified atom stereocenters. The Morgan fingerprint density at radius 2 is 2.36 bits per heavy atom. The molecule has 0 saturated carbocycles. The molecule has 72 valence electrons. The Hall–Kier alpha value is -0.860. The normalized spacial score (nSPS) is 10.7. The molecule has 0 N–H and O–H groups in total. The van der Waals surface area contributed by atoms with Crippen molar-refractivity contribution in [2.45, 2.75) is 13.3 Å². The molecule has 0 aliphatic rings. The zero-order valence-corrected chi connectivity index (χ0v) is 9.28. The van der Waals surface area contributed by atoms with Crippen molar-refractivity contribution in [3.05, 3.63) is 33.7 Å². The van der Waals surface area contributed by atoms with Gasteiger partial charge in [0.05, 0.1) is 9.72 Å². The molecule has 1 heterocycles. The molecule has 0 atom stereocenters. The fourth-order valence-corrected chi connectivity index (χ4v) is 2.92. The number of hydrogen-bond donors (Lipinski definition) is 0. The van der Waals surface area contributed by atoms with E-state index >= 15 is 0 Å². The quantitative estimate of drug-likeness (QED) is 0.707. The molecule has 0 fully saturated rings. The van der Waals surface area contributed by atoms with Gasteiger partial charge in [-0.15, -0.1) is 11.3 Å². The minimum Gasteiger partial charge on any atom is -0.298 e. The summed E-state index contributed by atoms with van der Waals surface area (Å²) in [5.74, 6) is 0. The van der Waals surface area contributed by atoms with Gasteiger partial charge in [-0.1, -0.05) is 18.5 Å². The molecule has 2 aromatic rings. The average Bonchev–Trinajstić information content (AvgIpc) is 2.65. The lowest BCUT2D eigenvalue weighted by atomic mass is 10.0. The highest BCUT2D eigenvalue weighted by Gasteiger charge is 2.10. The lowest BCUT2D eigenvalue weighted by Gasteiger charge is -2.05. The van der Waals surface area contributed by atoms with Crippen molar-refractivity contribution in [1.82, 2.24) is 0 Å². The van der Waals surface area contributed by atoms with Crippen molar-refractivity contribution in [1.29, 1.82) is 0 Å². The number of carbonyl (C=O) groups is 1. The van der Waals surface area contributed by atoms with Gasteiger partial charge in [0.15, 0.2) is 0 Å². The maximum absolute atomic E-state index is 10.8. The van der Waals surface area contributed by atoms with Crippen LogP contribution in [0.5, 0.6) is 0 Å². The van der Waals surface area contributed by atoms with Crippen LogP contribution in [0.1, 0.15) is 22.8 Å². The first-order chi connectivity index (χ1) is 6.77. The van der Waals surface area contributed by atoms with Crippen LogP contribution in [-0.2, 0) is 6.42 Å². The van der Waals surface area contributed by atoms with E-state index in [0.29, 0.717) is 5.56 Å². The van der Waals surface area contributed by atoms with E-state index in [-0.39, 0.29) is 0 Å². The van der Waals surface area contributed by atoms with E-state index in [1.807, 2.05) is 24.4 Å². The predicted molar refractivity (Wildman–Crippen MR) is 61.6 cm³/mol. The van der Waals surface area contributed by atoms with Crippen molar-refractivity contribution in [3.8, 4) is 0 Å². The summed E-state index contributed by atoms with van der Waals surface area (Å²) in [5.41, 5.74) is 1.67. The molecule has 0 aliphatic heterocycles. The molecule has 1 aromatic carbocycles. The molecule has 14 heavy (non-hydrogen) atoms. The predicted octanol–water partition coefficient (Wildman–Crippen LogP) is 3.93. The van der Waals surface area contributed by atoms with E-state index < -0.39 is 0 Å². The van der Waals surface area contributed by atoms with Gasteiger partial charge in [-0.3, -0.25) is 4.79 Å². The minimum absolute atomic E-state index is 0.711. The van der Waals surface area contributed by atoms with Crippen LogP contribution in [0.3, 0.4) is 0 Å². The summed E-state index contributed by atoms with van der Waals surface area (Å²) in [7, 11) is 0. The van der Waals surface area contributed by atoms with Crippen LogP contribution >= 0.6 is 22.9 Å². The molecule has 0 aliphatic carbocycles. The number of carbonyl (C=O) groups excluding carboxylic acids is 1. The maximum atomic E-state index is 10.8. The highest BCUT2D eigenvalue weighted by Crippen LogP contribution is 2.33. The third kappa shape index (κ3) is 1.35. The third-order valence-corrected chi connectivity index (χ3v) is 3.78. The van der Waals surface area contributed by atoms with Gasteiger partial charge in [-0.25, -0.2) is 0 Å². The first kappa shape index (κ1) is 9.69. The minimum atomic E-state index is 0.711. The molecule has 1 aromatic heterocycles. The Kier molecular flexibility index (Phi) is 2.57. The second kappa shape index (κ2) is 3.71. The van der Waals surface area contributed by atoms with Gasteiger partial charge >= 0.3 is 0 Å². The van der Waals surface area contributed by atoms with Crippen molar-refractivity contribution in [2.75, 3.05) is 0 Å². The standard InChI is InChI=1S/C11H9ClOS/c1-2-9-8(6-13)5-7-3-4-14-11(7)10(9)12/h3-6H,2H2,1H3. The molecule has 0 saturated heterocycles. The number of rotatable bonds is 2. The van der Waals surface area contributed by atoms with Crippen LogP contribution in [0, 0.1) is 0 Å². The lowest BCUT2D eigenvalue weighted by Crippen LogP contribution is -1.91. The van der Waals surface area contributed by atoms with E-state index in [2.05, 4.69) is 0 Å². The highest BCUT2D eigenvalue weighted by atomic mass is 35.5. The summed E-state index contributed by atoms with van der Waals surface area (Å²) in [6, 6.07) is 3.89. The fourth-order valence-electron chi connectivity index (χ4n) is 1.59. The number of aldehydes is 1. The molecular weight excluding hydrogens is 216 g/mol. The zero-order valence-electron chi connectivity index (χ0n) is 7.71. The van der Waals surface area contributed by atoms with Crippen LogP contribution in [0.15, 0.2) is 17.5 Å². The summed E-state index contributed by atoms with van der Waals surface area (Å²) in [6.07, 6.45) is 1.67. The van der Waals surface area contributed by atoms with Crippen LogP contribution in [-0.4, -0.2) is 6.29 Å². The monoisotopic (exact) mass is 224 g/mol. The van der Waals surface area contributed by atoms with Crippen molar-refractivity contribution >= 4 is 39.3 Å². The molecule has 0 spiro atoms. The largest absolute Gasteiger partial charge is 0.298 e. The smallest absolute Gasteiger partial charge is 0.150 e. The van der Waals surface area contributed by atoms with Crippen molar-refractivity contribution in [2.24, 2.45) is 0 Å². The lowest BCUT2D eigenvalue weighted by molar-refractivity contribution is 0.112. The Labute approximate surface area is 91.3 Å². The summed E-state index contributed by atoms with van der Waals surface area (Å²) in [4.78, 5) is 10.8. The van der Waals surface area contributed by atoms with Crippen LogP contribution in [0.25, 0.3) is 10.1 Å². The molecule has 1 nitrogen and oxygen atoms in total. The molecule has 0 bridgehead atoms. The van der Waals surface area contributed by atoms with Gasteiger partial charge in [0.2, 0.25) is 0 Å². The topological polar surface area (TPSA) is 17.1 Å². The SMILES string of the molecule is CCc1c(C=O)cc2ccsc2c1Cl. The average molecular weight is 225 g/mol. The van der Waals surface area contributed by atoms with E-state index in [4.69, 9.17) is 11.6 Å². The van der Waals surface area contributed by atoms with Crippen molar-refractivity contribution in [3.63, 3.8) is 0 Å². The van der Waals surface area contributed by atoms with Gasteiger partial charge in [0.1, 0.15) is 6.29 Å². The van der Waals surface area contributed by atoms with Gasteiger partial charge < -0.3 is 0 Å². The van der Waals surface area contributed by atoms with Crippen LogP contribution in [0.4, 0.5) is 0 Å². The van der Waals surface area contributed by atoms with Gasteiger partial charge in [0, 0.05) is 5.56 Å². The Balaban J connectivity index is 2.85. The highest BCUT2D eigenvalue weighted by molar-refractivity contribution is 7.17. The van der Waals surface area contributed by atoms with E-state index in [9.17, 15) is 4.79 Å². The van der Waals surface area contributed by atoms with Gasteiger partial charge in [-0.05, 0) is 34.9 Å². The van der Waals surface area contributed by atoms with Crippen LogP contribution in [0.2, 0.25) is 5.02 Å². The third-order valence-electron chi connectivity index (χ3n) is 2.30. The summed E-state index contributed by atoms with van der Waals surface area (Å²) in [5, 5.41) is 3.78. The Bertz CT molecular complexity index is 487. The summed E-state index contributed by atoms with van der Waals surface area (Å²) in [6.45, 7) is 2.01. The van der Waals surface area contributed by atoms with E-state index in [0.717, 1.165) is 33.4 Å². The molecule has 0 radical (unpaired) electrons. The molecule has 3 heteroatoms. The number of hydrogen-bond acceptors (Lipinski definition) is 2.